The minimum absolute atomic E-state index is 0.0163. The van der Waals surface area contributed by atoms with Gasteiger partial charge in [0.05, 0.1) is 6.54 Å². The molecule has 0 aliphatic heterocycles. The SMILES string of the molecule is CC1(C)CCc2ccccc2C1NCC(=O)O. The Balaban J connectivity index is 2.28. The minimum atomic E-state index is -0.802. The molecule has 0 saturated carbocycles. The number of hydrogen-bond donors (Lipinski definition) is 2. The fourth-order valence-corrected chi connectivity index (χ4v) is 2.64. The van der Waals surface area contributed by atoms with Crippen LogP contribution in [0.5, 0.6) is 0 Å². The lowest BCUT2D eigenvalue weighted by Gasteiger charge is -2.40. The van der Waals surface area contributed by atoms with Gasteiger partial charge in [0.1, 0.15) is 0 Å². The zero-order valence-electron chi connectivity index (χ0n) is 10.4. The largest absolute Gasteiger partial charge is 0.480 e. The van der Waals surface area contributed by atoms with Crippen LogP contribution in [0.2, 0.25) is 0 Å². The Labute approximate surface area is 102 Å². The van der Waals surface area contributed by atoms with Crippen LogP contribution in [0.15, 0.2) is 24.3 Å². The Morgan fingerprint density at radius 1 is 1.47 bits per heavy atom. The van der Waals surface area contributed by atoms with Gasteiger partial charge in [-0.25, -0.2) is 0 Å². The molecule has 0 amide bonds. The van der Waals surface area contributed by atoms with Gasteiger partial charge < -0.3 is 5.11 Å². The predicted molar refractivity (Wildman–Crippen MR) is 66.9 cm³/mol. The van der Waals surface area contributed by atoms with Gasteiger partial charge in [-0.1, -0.05) is 38.1 Å². The summed E-state index contributed by atoms with van der Waals surface area (Å²) in [6.45, 7) is 4.41. The summed E-state index contributed by atoms with van der Waals surface area (Å²) in [5, 5.41) is 12.0. The third-order valence-electron chi connectivity index (χ3n) is 3.64. The van der Waals surface area contributed by atoms with Crippen LogP contribution in [0.1, 0.15) is 37.4 Å². The van der Waals surface area contributed by atoms with Gasteiger partial charge in [-0.2, -0.15) is 0 Å². The van der Waals surface area contributed by atoms with Crippen LogP contribution in [-0.2, 0) is 11.2 Å². The van der Waals surface area contributed by atoms with Crippen molar-refractivity contribution in [2.24, 2.45) is 5.41 Å². The van der Waals surface area contributed by atoms with Gasteiger partial charge >= 0.3 is 5.97 Å². The van der Waals surface area contributed by atoms with Crippen LogP contribution in [0, 0.1) is 5.41 Å². The smallest absolute Gasteiger partial charge is 0.317 e. The highest BCUT2D eigenvalue weighted by molar-refractivity contribution is 5.69. The average Bonchev–Trinajstić information content (AvgIpc) is 2.27. The molecule has 0 radical (unpaired) electrons. The van der Waals surface area contributed by atoms with Crippen LogP contribution >= 0.6 is 0 Å². The molecule has 0 fully saturated rings. The van der Waals surface area contributed by atoms with Crippen molar-refractivity contribution in [2.45, 2.75) is 32.7 Å². The Morgan fingerprint density at radius 3 is 2.88 bits per heavy atom. The summed E-state index contributed by atoms with van der Waals surface area (Å²) in [7, 11) is 0. The van der Waals surface area contributed by atoms with Crippen molar-refractivity contribution in [3.8, 4) is 0 Å². The van der Waals surface area contributed by atoms with Crippen LogP contribution in [-0.4, -0.2) is 17.6 Å². The van der Waals surface area contributed by atoms with Crippen molar-refractivity contribution in [2.75, 3.05) is 6.54 Å². The number of carboxylic acids is 1. The highest BCUT2D eigenvalue weighted by atomic mass is 16.4. The van der Waals surface area contributed by atoms with Gasteiger partial charge in [0.25, 0.3) is 0 Å². The highest BCUT2D eigenvalue weighted by Gasteiger charge is 2.35. The van der Waals surface area contributed by atoms with Crippen molar-refractivity contribution in [3.63, 3.8) is 0 Å². The molecule has 1 aromatic rings. The van der Waals surface area contributed by atoms with Gasteiger partial charge in [-0.15, -0.1) is 0 Å². The van der Waals surface area contributed by atoms with Crippen LogP contribution < -0.4 is 5.32 Å². The number of carboxylic acid groups (broad SMARTS) is 1. The summed E-state index contributed by atoms with van der Waals surface area (Å²) in [6.07, 6.45) is 2.16. The number of benzene rings is 1. The topological polar surface area (TPSA) is 49.3 Å². The number of aliphatic carboxylic acids is 1. The molecule has 1 aliphatic rings. The van der Waals surface area contributed by atoms with Crippen LogP contribution in [0.4, 0.5) is 0 Å². The second-order valence-electron chi connectivity index (χ2n) is 5.40. The summed E-state index contributed by atoms with van der Waals surface area (Å²) < 4.78 is 0. The number of carbonyl (C=O) groups is 1. The summed E-state index contributed by atoms with van der Waals surface area (Å²) >= 11 is 0. The molecule has 0 spiro atoms. The highest BCUT2D eigenvalue weighted by Crippen LogP contribution is 2.43. The molecule has 1 aromatic carbocycles. The number of nitrogens with one attached hydrogen (secondary N) is 1. The molecule has 92 valence electrons. The van der Waals surface area contributed by atoms with E-state index in [1.807, 2.05) is 12.1 Å². The van der Waals surface area contributed by atoms with E-state index in [9.17, 15) is 4.79 Å². The summed E-state index contributed by atoms with van der Waals surface area (Å²) in [5.74, 6) is -0.802. The van der Waals surface area contributed by atoms with Crippen molar-refractivity contribution >= 4 is 5.97 Å². The van der Waals surface area contributed by atoms with Crippen LogP contribution in [0.3, 0.4) is 0 Å². The molecule has 3 heteroatoms. The maximum Gasteiger partial charge on any atom is 0.317 e. The molecule has 1 unspecified atom stereocenters. The maximum atomic E-state index is 10.7. The lowest BCUT2D eigenvalue weighted by molar-refractivity contribution is -0.136. The average molecular weight is 233 g/mol. The predicted octanol–water partition coefficient (Wildman–Crippen LogP) is 2.37. The molecule has 0 bridgehead atoms. The maximum absolute atomic E-state index is 10.7. The molecule has 17 heavy (non-hydrogen) atoms. The second kappa shape index (κ2) is 4.49. The fraction of sp³-hybridized carbons (Fsp3) is 0.500. The Kier molecular flexibility index (Phi) is 3.20. The lowest BCUT2D eigenvalue weighted by Crippen LogP contribution is -2.40. The minimum Gasteiger partial charge on any atom is -0.480 e. The Morgan fingerprint density at radius 2 is 2.18 bits per heavy atom. The third-order valence-corrected chi connectivity index (χ3v) is 3.64. The summed E-state index contributed by atoms with van der Waals surface area (Å²) in [4.78, 5) is 10.7. The molecule has 2 N–H and O–H groups in total. The second-order valence-corrected chi connectivity index (χ2v) is 5.40. The normalized spacial score (nSPS) is 21.9. The number of aryl methyl sites for hydroxylation is 1. The number of fused-ring (bicyclic) bond motifs is 1. The van der Waals surface area contributed by atoms with Gasteiger partial charge in [-0.3, -0.25) is 10.1 Å². The van der Waals surface area contributed by atoms with E-state index in [2.05, 4.69) is 31.3 Å². The first-order valence-electron chi connectivity index (χ1n) is 6.04. The molecule has 0 heterocycles. The number of hydrogen-bond acceptors (Lipinski definition) is 2. The van der Waals surface area contributed by atoms with Crippen molar-refractivity contribution in [1.82, 2.24) is 5.32 Å². The molecular formula is C14H19NO2. The van der Waals surface area contributed by atoms with Crippen LogP contribution in [0.25, 0.3) is 0 Å². The van der Waals surface area contributed by atoms with Gasteiger partial charge in [0.2, 0.25) is 0 Å². The van der Waals surface area contributed by atoms with E-state index in [-0.39, 0.29) is 18.0 Å². The molecular weight excluding hydrogens is 214 g/mol. The molecule has 0 saturated heterocycles. The van der Waals surface area contributed by atoms with E-state index in [4.69, 9.17) is 5.11 Å². The zero-order valence-corrected chi connectivity index (χ0v) is 10.4. The fourth-order valence-electron chi connectivity index (χ4n) is 2.64. The molecule has 2 rings (SSSR count). The molecule has 1 aliphatic carbocycles. The summed E-state index contributed by atoms with van der Waals surface area (Å²) in [6, 6.07) is 8.44. The van der Waals surface area contributed by atoms with E-state index >= 15 is 0 Å². The lowest BCUT2D eigenvalue weighted by atomic mass is 9.70. The van der Waals surface area contributed by atoms with Crippen molar-refractivity contribution in [1.29, 1.82) is 0 Å². The van der Waals surface area contributed by atoms with Gasteiger partial charge in [0, 0.05) is 6.04 Å². The van der Waals surface area contributed by atoms with E-state index in [0.29, 0.717) is 0 Å². The Hall–Kier alpha value is -1.35. The number of rotatable bonds is 3. The first-order chi connectivity index (χ1) is 8.00. The van der Waals surface area contributed by atoms with E-state index in [1.165, 1.54) is 11.1 Å². The molecule has 1 atom stereocenters. The Bertz CT molecular complexity index is 426. The standard InChI is InChI=1S/C14H19NO2/c1-14(2)8-7-10-5-3-4-6-11(10)13(14)15-9-12(16)17/h3-6,13,15H,7-9H2,1-2H3,(H,16,17). The van der Waals surface area contributed by atoms with E-state index in [0.717, 1.165) is 12.8 Å². The third kappa shape index (κ3) is 2.50. The van der Waals surface area contributed by atoms with E-state index in [1.54, 1.807) is 0 Å². The molecule has 3 nitrogen and oxygen atoms in total. The van der Waals surface area contributed by atoms with Crippen molar-refractivity contribution < 1.29 is 9.90 Å². The zero-order chi connectivity index (χ0) is 12.5. The first kappa shape index (κ1) is 12.1. The summed E-state index contributed by atoms with van der Waals surface area (Å²) in [5.41, 5.74) is 2.70. The van der Waals surface area contributed by atoms with Gasteiger partial charge in [0.15, 0.2) is 0 Å². The monoisotopic (exact) mass is 233 g/mol. The van der Waals surface area contributed by atoms with E-state index < -0.39 is 5.97 Å². The molecule has 0 aromatic heterocycles. The first-order valence-corrected chi connectivity index (χ1v) is 6.04. The quantitative estimate of drug-likeness (QED) is 0.842. The van der Waals surface area contributed by atoms with Gasteiger partial charge in [-0.05, 0) is 29.4 Å². The van der Waals surface area contributed by atoms with Crippen molar-refractivity contribution in [3.05, 3.63) is 35.4 Å².